The monoisotopic (exact) mass is 472 g/mol. The molecule has 1 aliphatic rings. The van der Waals surface area contributed by atoms with Crippen LogP contribution in [0.2, 0.25) is 0 Å². The third-order valence-corrected chi connectivity index (χ3v) is 6.25. The minimum Gasteiger partial charge on any atom is -0.494 e. The molecular weight excluding hydrogens is 440 g/mol. The molecule has 182 valence electrons. The minimum atomic E-state index is -0.885. The van der Waals surface area contributed by atoms with Crippen LogP contribution in [0.5, 0.6) is 5.75 Å². The Kier molecular flexibility index (Phi) is 8.08. The van der Waals surface area contributed by atoms with Crippen LogP contribution < -0.4 is 15.0 Å². The van der Waals surface area contributed by atoms with Gasteiger partial charge in [-0.25, -0.2) is 4.98 Å². The van der Waals surface area contributed by atoms with Crippen molar-refractivity contribution in [1.29, 1.82) is 0 Å². The molecule has 35 heavy (non-hydrogen) atoms. The number of hydrogen-bond donors (Lipinski definition) is 1. The van der Waals surface area contributed by atoms with Crippen LogP contribution >= 0.6 is 0 Å². The number of ether oxygens (including phenoxy) is 1. The summed E-state index contributed by atoms with van der Waals surface area (Å²) in [5.41, 5.74) is 2.48. The van der Waals surface area contributed by atoms with Gasteiger partial charge in [0.25, 0.3) is 5.91 Å². The first-order chi connectivity index (χ1) is 17.1. The summed E-state index contributed by atoms with van der Waals surface area (Å²) >= 11 is 0. The molecule has 1 N–H and O–H groups in total. The maximum absolute atomic E-state index is 13.9. The molecule has 3 aromatic rings. The number of rotatable bonds is 8. The summed E-state index contributed by atoms with van der Waals surface area (Å²) in [6.07, 6.45) is 9.71. The quantitative estimate of drug-likeness (QED) is 0.498. The lowest BCUT2D eigenvalue weighted by Gasteiger charge is -2.33. The van der Waals surface area contributed by atoms with E-state index in [9.17, 15) is 9.59 Å². The lowest BCUT2D eigenvalue weighted by atomic mass is 9.94. The van der Waals surface area contributed by atoms with Crippen molar-refractivity contribution in [2.45, 2.75) is 58.0 Å². The van der Waals surface area contributed by atoms with Gasteiger partial charge in [0, 0.05) is 24.1 Å². The summed E-state index contributed by atoms with van der Waals surface area (Å²) in [6.45, 7) is 4.43. The van der Waals surface area contributed by atoms with E-state index in [2.05, 4.69) is 15.3 Å². The molecule has 0 spiro atoms. The number of nitrogens with zero attached hydrogens (tertiary/aromatic N) is 3. The van der Waals surface area contributed by atoms with E-state index in [4.69, 9.17) is 4.74 Å². The Bertz CT molecular complexity index is 1130. The molecule has 2 aromatic carbocycles. The zero-order valence-corrected chi connectivity index (χ0v) is 20.3. The Morgan fingerprint density at radius 1 is 1.09 bits per heavy atom. The Balaban J connectivity index is 1.79. The smallest absolute Gasteiger partial charge is 0.279 e. The van der Waals surface area contributed by atoms with E-state index >= 15 is 0 Å². The minimum absolute atomic E-state index is 0.104. The highest BCUT2D eigenvalue weighted by Crippen LogP contribution is 2.32. The second-order valence-electron chi connectivity index (χ2n) is 8.85. The Labute approximate surface area is 206 Å². The van der Waals surface area contributed by atoms with Gasteiger partial charge in [-0.05, 0) is 62.1 Å². The molecule has 7 nitrogen and oxygen atoms in total. The zero-order valence-electron chi connectivity index (χ0n) is 20.3. The molecule has 0 aliphatic heterocycles. The van der Waals surface area contributed by atoms with E-state index in [1.54, 1.807) is 0 Å². The van der Waals surface area contributed by atoms with Crippen LogP contribution in [0.3, 0.4) is 0 Å². The van der Waals surface area contributed by atoms with Gasteiger partial charge in [-0.2, -0.15) is 0 Å². The average molecular weight is 473 g/mol. The van der Waals surface area contributed by atoms with Crippen LogP contribution in [0.1, 0.15) is 66.7 Å². The average Bonchev–Trinajstić information content (AvgIpc) is 2.89. The Hall–Kier alpha value is -3.74. The van der Waals surface area contributed by atoms with Crippen molar-refractivity contribution >= 4 is 17.5 Å². The second kappa shape index (κ2) is 11.6. The summed E-state index contributed by atoms with van der Waals surface area (Å²) in [5.74, 6) is 0.117. The fraction of sp³-hybridized carbons (Fsp3) is 0.357. The highest BCUT2D eigenvalue weighted by Gasteiger charge is 2.35. The lowest BCUT2D eigenvalue weighted by Crippen LogP contribution is -2.47. The third kappa shape index (κ3) is 6.04. The first-order valence-electron chi connectivity index (χ1n) is 12.3. The van der Waals surface area contributed by atoms with Crippen molar-refractivity contribution in [2.75, 3.05) is 11.5 Å². The van der Waals surface area contributed by atoms with Gasteiger partial charge in [-0.15, -0.1) is 0 Å². The molecule has 1 atom stereocenters. The molecule has 0 bridgehead atoms. The second-order valence-corrected chi connectivity index (χ2v) is 8.85. The topological polar surface area (TPSA) is 84.4 Å². The number of anilines is 1. The fourth-order valence-electron chi connectivity index (χ4n) is 4.55. The van der Waals surface area contributed by atoms with E-state index in [0.29, 0.717) is 23.6 Å². The van der Waals surface area contributed by atoms with E-state index in [1.807, 2.05) is 62.4 Å². The van der Waals surface area contributed by atoms with Crippen molar-refractivity contribution in [3.8, 4) is 5.75 Å². The van der Waals surface area contributed by atoms with Crippen LogP contribution in [0.25, 0.3) is 0 Å². The number of amides is 2. The van der Waals surface area contributed by atoms with E-state index < -0.39 is 6.04 Å². The highest BCUT2D eigenvalue weighted by atomic mass is 16.5. The number of nitrogens with one attached hydrogen (secondary N) is 1. The van der Waals surface area contributed by atoms with Gasteiger partial charge in [0.15, 0.2) is 0 Å². The molecule has 0 radical (unpaired) electrons. The van der Waals surface area contributed by atoms with E-state index in [1.165, 1.54) is 29.9 Å². The largest absolute Gasteiger partial charge is 0.494 e. The molecule has 1 heterocycles. The van der Waals surface area contributed by atoms with Gasteiger partial charge in [0.2, 0.25) is 5.91 Å². The van der Waals surface area contributed by atoms with Crippen molar-refractivity contribution in [3.63, 3.8) is 0 Å². The molecule has 1 saturated carbocycles. The summed E-state index contributed by atoms with van der Waals surface area (Å²) in [4.78, 5) is 37.6. The standard InChI is InChI=1S/C28H32N4O3/c1-3-35-24-14-12-21(13-15-24)26(27(33)31-22-9-5-4-6-10-22)32(23-11-7-8-20(2)18-23)28(34)25-19-29-16-17-30-25/h7-8,11-19,22,26H,3-6,9-10H2,1-2H3,(H,31,33)/t26-/m0/s1. The predicted molar refractivity (Wildman–Crippen MR) is 135 cm³/mol. The molecule has 1 aliphatic carbocycles. The van der Waals surface area contributed by atoms with Crippen molar-refractivity contribution in [3.05, 3.63) is 83.9 Å². The van der Waals surface area contributed by atoms with Gasteiger partial charge in [-0.1, -0.05) is 43.5 Å². The van der Waals surface area contributed by atoms with Crippen molar-refractivity contribution in [2.24, 2.45) is 0 Å². The summed E-state index contributed by atoms with van der Waals surface area (Å²) < 4.78 is 5.60. The number of aryl methyl sites for hydroxylation is 1. The fourth-order valence-corrected chi connectivity index (χ4v) is 4.55. The first kappa shape index (κ1) is 24.4. The molecule has 0 unspecified atom stereocenters. The van der Waals surface area contributed by atoms with Crippen LogP contribution in [0, 0.1) is 6.92 Å². The SMILES string of the molecule is CCOc1ccc([C@@H](C(=O)NC2CCCCC2)N(C(=O)c2cnccn2)c2cccc(C)c2)cc1. The van der Waals surface area contributed by atoms with Gasteiger partial charge in [0.05, 0.1) is 12.8 Å². The molecule has 0 saturated heterocycles. The number of aromatic nitrogens is 2. The van der Waals surface area contributed by atoms with Gasteiger partial charge in [0.1, 0.15) is 17.5 Å². The maximum atomic E-state index is 13.9. The van der Waals surface area contributed by atoms with E-state index in [-0.39, 0.29) is 23.6 Å². The van der Waals surface area contributed by atoms with Crippen molar-refractivity contribution < 1.29 is 14.3 Å². The number of benzene rings is 2. The summed E-state index contributed by atoms with van der Waals surface area (Å²) in [5, 5.41) is 3.23. The van der Waals surface area contributed by atoms with Crippen LogP contribution in [-0.4, -0.2) is 34.4 Å². The maximum Gasteiger partial charge on any atom is 0.279 e. The normalized spacial score (nSPS) is 14.7. The van der Waals surface area contributed by atoms with Crippen LogP contribution in [0.4, 0.5) is 5.69 Å². The molecule has 1 fully saturated rings. The Morgan fingerprint density at radius 2 is 1.86 bits per heavy atom. The molecular formula is C28H32N4O3. The van der Waals surface area contributed by atoms with Gasteiger partial charge < -0.3 is 10.1 Å². The number of hydrogen-bond acceptors (Lipinski definition) is 5. The summed E-state index contributed by atoms with van der Waals surface area (Å²) in [6, 6.07) is 14.2. The van der Waals surface area contributed by atoms with E-state index in [0.717, 1.165) is 31.2 Å². The third-order valence-electron chi connectivity index (χ3n) is 6.25. The van der Waals surface area contributed by atoms with Gasteiger partial charge in [-0.3, -0.25) is 19.5 Å². The van der Waals surface area contributed by atoms with Gasteiger partial charge >= 0.3 is 0 Å². The van der Waals surface area contributed by atoms with Crippen LogP contribution in [-0.2, 0) is 4.79 Å². The lowest BCUT2D eigenvalue weighted by molar-refractivity contribution is -0.123. The predicted octanol–water partition coefficient (Wildman–Crippen LogP) is 5.02. The molecule has 2 amide bonds. The Morgan fingerprint density at radius 3 is 2.51 bits per heavy atom. The summed E-state index contributed by atoms with van der Waals surface area (Å²) in [7, 11) is 0. The molecule has 1 aromatic heterocycles. The van der Waals surface area contributed by atoms with Crippen molar-refractivity contribution in [1.82, 2.24) is 15.3 Å². The molecule has 7 heteroatoms. The number of carbonyl (C=O) groups excluding carboxylic acids is 2. The zero-order chi connectivity index (χ0) is 24.6. The van der Waals surface area contributed by atoms with Crippen LogP contribution in [0.15, 0.2) is 67.1 Å². The number of carbonyl (C=O) groups is 2. The highest BCUT2D eigenvalue weighted by molar-refractivity contribution is 6.09. The molecule has 4 rings (SSSR count). The first-order valence-corrected chi connectivity index (χ1v) is 12.3.